The molecule has 0 saturated carbocycles. The molecule has 4 aromatic heterocycles. The fourth-order valence-electron chi connectivity index (χ4n) is 12.1. The van der Waals surface area contributed by atoms with Crippen molar-refractivity contribution in [3.8, 4) is 0 Å². The van der Waals surface area contributed by atoms with Crippen molar-refractivity contribution in [2.24, 2.45) is 5.41 Å². The zero-order valence-electron chi connectivity index (χ0n) is 60.3. The monoisotopic (exact) mass is 1470 g/mol. The number of nitrogens with one attached hydrogen (secondary N) is 2. The van der Waals surface area contributed by atoms with Gasteiger partial charge in [0, 0.05) is 38.5 Å². The van der Waals surface area contributed by atoms with Gasteiger partial charge in [0.15, 0.2) is 75.1 Å². The zero-order chi connectivity index (χ0) is 72.3. The van der Waals surface area contributed by atoms with Gasteiger partial charge in [0.1, 0.15) is 25.1 Å². The normalized spacial score (nSPS) is 25.6. The number of hydrogen-bond acceptors (Lipinski definition) is 23. The van der Waals surface area contributed by atoms with Crippen molar-refractivity contribution < 1.29 is 83.1 Å². The third-order valence-corrected chi connectivity index (χ3v) is 21.4. The van der Waals surface area contributed by atoms with Gasteiger partial charge >= 0.3 is 15.6 Å². The second kappa shape index (κ2) is 40.5. The lowest BCUT2D eigenvalue weighted by molar-refractivity contribution is -0.219. The number of carbonyl (C=O) groups is 1. The summed E-state index contributed by atoms with van der Waals surface area (Å²) >= 11 is 0.986. The fraction of sp³-hybridized carbons (Fsp3) is 0.836. The number of rotatable bonds is 47. The summed E-state index contributed by atoms with van der Waals surface area (Å²) in [5.41, 5.74) is 0.691. The van der Waals surface area contributed by atoms with E-state index in [9.17, 15) is 23.9 Å². The number of hydrogen-bond donors (Lipinski definition) is 5. The number of alkyl halides is 4. The van der Waals surface area contributed by atoms with Gasteiger partial charge in [0.05, 0.1) is 32.5 Å². The molecule has 566 valence electrons. The predicted molar refractivity (Wildman–Crippen MR) is 376 cm³/mol. The minimum Gasteiger partial charge on any atom is -0.384 e. The number of aryl methyl sites for hydroxylation is 1. The molecule has 0 aliphatic carbocycles. The Morgan fingerprint density at radius 3 is 1.69 bits per heavy atom. The highest BCUT2D eigenvalue weighted by Gasteiger charge is 2.71. The van der Waals surface area contributed by atoms with E-state index in [1.807, 2.05) is 0 Å². The summed E-state index contributed by atoms with van der Waals surface area (Å²) in [5.74, 6) is -4.96. The smallest absolute Gasteiger partial charge is 0.384 e. The molecule has 3 fully saturated rings. The molecule has 99 heavy (non-hydrogen) atoms. The molecule has 3 unspecified atom stereocenters. The Bertz CT molecular complexity index is 3160. The summed E-state index contributed by atoms with van der Waals surface area (Å²) in [4.78, 5) is 47.7. The Morgan fingerprint density at radius 1 is 0.707 bits per heavy atom. The van der Waals surface area contributed by atoms with Gasteiger partial charge in [-0.3, -0.25) is 36.5 Å². The lowest BCUT2D eigenvalue weighted by Crippen LogP contribution is -2.51. The summed E-state index contributed by atoms with van der Waals surface area (Å²) in [5, 5.41) is 16.4. The number of nitrogens with two attached hydrogens (primary N) is 1. The summed E-state index contributed by atoms with van der Waals surface area (Å²) in [6.07, 6.45) is 29.1. The van der Waals surface area contributed by atoms with Gasteiger partial charge in [0.2, 0.25) is 5.95 Å². The van der Waals surface area contributed by atoms with E-state index in [1.54, 1.807) is 41.8 Å². The quantitative estimate of drug-likeness (QED) is 0.0156. The molecular weight excluding hydrogens is 1350 g/mol. The third-order valence-electron chi connectivity index (χ3n) is 17.9. The Balaban J connectivity index is 0.000000368. The lowest BCUT2D eigenvalue weighted by Gasteiger charge is -2.36. The number of nitrogen functional groups attached to an aromatic ring is 1. The summed E-state index contributed by atoms with van der Waals surface area (Å²) in [6.45, 7) is 11.8. The number of phosphoric acid groups is 2. The van der Waals surface area contributed by atoms with Gasteiger partial charge in [-0.15, -0.1) is 0 Å². The minimum atomic E-state index is -4.93. The predicted octanol–water partition coefficient (Wildman–Crippen LogP) is 16.2. The molecule has 0 radical (unpaired) electrons. The van der Waals surface area contributed by atoms with Crippen LogP contribution in [0.25, 0.3) is 22.3 Å². The van der Waals surface area contributed by atoms with Crippen LogP contribution >= 0.6 is 27.4 Å². The minimum absolute atomic E-state index is 0.0885. The van der Waals surface area contributed by atoms with Crippen LogP contribution in [0.4, 0.5) is 35.1 Å². The number of aromatic nitrogens is 8. The number of phosphoric ester groups is 2. The molecule has 32 heteroatoms. The number of ether oxygens (including phenoxy) is 4. The highest BCUT2D eigenvalue weighted by atomic mass is 32.2. The van der Waals surface area contributed by atoms with Crippen LogP contribution in [0, 0.1) is 12.3 Å². The molecule has 4 aromatic rings. The fourth-order valence-corrected chi connectivity index (χ4v) is 15.3. The molecule has 0 amide bonds. The van der Waals surface area contributed by atoms with E-state index in [0.717, 1.165) is 73.3 Å². The van der Waals surface area contributed by atoms with Crippen molar-refractivity contribution in [1.29, 1.82) is 0 Å². The molecule has 0 spiro atoms. The van der Waals surface area contributed by atoms with E-state index in [-0.39, 0.29) is 64.8 Å². The zero-order valence-corrected chi connectivity index (χ0v) is 62.9. The van der Waals surface area contributed by atoms with Crippen molar-refractivity contribution >= 4 is 72.4 Å². The van der Waals surface area contributed by atoms with Gasteiger partial charge < -0.3 is 45.3 Å². The van der Waals surface area contributed by atoms with Gasteiger partial charge in [-0.25, -0.2) is 46.6 Å². The van der Waals surface area contributed by atoms with E-state index < -0.39 is 88.1 Å². The van der Waals surface area contributed by atoms with Crippen LogP contribution in [0.2, 0.25) is 0 Å². The van der Waals surface area contributed by atoms with Crippen LogP contribution in [-0.2, 0) is 55.5 Å². The number of carbonyl (C=O) groups excluding carboxylic acids is 1. The standard InChI is InChI=1S/C48H88F2N5O8P.C19H27F2N6O6PS/c1-6-8-10-12-14-16-18-20-22-24-26-28-30-32-34-59-36-41(60-35-33-31-29-27-25-23-21-19-17-15-13-11-9-7-2)37-61-64(57,58)62-38-48(50)45(56)47(4,49)46(63-48)55-39-52-42-43(51-5)53-40(3)54-44(42)55;1-17(2,3)15(28)35-7-6-30-34(29)31-8-19(21)13(33-34)18(4,20)14(32-19)27-9-24-10-11(23-5)25-16(22)26-12(10)27/h39,41,45-46,56H,6-38H2,1-5H3,(H,57,58)(H,51,53,54);9,13-14H,6-8H2,1-5H3,(H3,22,23,25,26)/t41?,45-,46+,47+,48+;13-,14+,18+,19+,34?/m00/s1. The Labute approximate surface area is 587 Å². The van der Waals surface area contributed by atoms with Gasteiger partial charge in [-0.05, 0) is 33.6 Å². The second-order valence-electron chi connectivity index (χ2n) is 27.6. The van der Waals surface area contributed by atoms with Crippen molar-refractivity contribution in [2.45, 2.75) is 289 Å². The number of imidazole rings is 2. The van der Waals surface area contributed by atoms with Gasteiger partial charge in [-0.2, -0.15) is 9.97 Å². The molecule has 3 aliphatic heterocycles. The van der Waals surface area contributed by atoms with E-state index in [0.29, 0.717) is 24.9 Å². The van der Waals surface area contributed by atoms with Crippen LogP contribution in [0.5, 0.6) is 0 Å². The first-order chi connectivity index (χ1) is 47.1. The van der Waals surface area contributed by atoms with Crippen LogP contribution in [0.3, 0.4) is 0 Å². The molecular formula is C67H115F4N11O14P2S. The summed E-state index contributed by atoms with van der Waals surface area (Å²) in [7, 11) is -6.05. The maximum absolute atomic E-state index is 16.2. The van der Waals surface area contributed by atoms with E-state index in [2.05, 4.69) is 54.4 Å². The van der Waals surface area contributed by atoms with Crippen LogP contribution in [0.1, 0.15) is 247 Å². The third kappa shape index (κ3) is 25.2. The maximum Gasteiger partial charge on any atom is 0.475 e. The van der Waals surface area contributed by atoms with E-state index in [4.69, 9.17) is 47.3 Å². The second-order valence-corrected chi connectivity index (χ2v) is 31.8. The molecule has 7 rings (SSSR count). The Morgan fingerprint density at radius 2 is 1.18 bits per heavy atom. The molecule has 0 aromatic carbocycles. The van der Waals surface area contributed by atoms with Crippen molar-refractivity contribution in [1.82, 2.24) is 39.0 Å². The molecule has 25 nitrogen and oxygen atoms in total. The molecule has 0 bridgehead atoms. The molecule has 7 heterocycles. The van der Waals surface area contributed by atoms with Crippen molar-refractivity contribution in [3.63, 3.8) is 0 Å². The molecule has 3 aliphatic rings. The highest BCUT2D eigenvalue weighted by molar-refractivity contribution is 8.13. The van der Waals surface area contributed by atoms with Crippen LogP contribution in [-0.4, -0.2) is 162 Å². The Kier molecular flexibility index (Phi) is 34.5. The summed E-state index contributed by atoms with van der Waals surface area (Å²) in [6, 6.07) is 0. The number of thioether (sulfide) groups is 1. The number of unbranched alkanes of at least 4 members (excludes halogenated alkanes) is 26. The van der Waals surface area contributed by atoms with Crippen LogP contribution < -0.4 is 16.4 Å². The number of halogens is 4. The molecule has 11 atom stereocenters. The van der Waals surface area contributed by atoms with Gasteiger partial charge in [-0.1, -0.05) is 213 Å². The van der Waals surface area contributed by atoms with Crippen molar-refractivity contribution in [3.05, 3.63) is 18.5 Å². The number of aliphatic hydroxyl groups is 1. The van der Waals surface area contributed by atoms with Gasteiger partial charge in [0.25, 0.3) is 11.7 Å². The first-order valence-electron chi connectivity index (χ1n) is 36.0. The average molecular weight is 1470 g/mol. The SMILES string of the molecule is CCCCCCCCCCCCCCCCOCC(COP(=O)(O)OC[C@@]1(F)O[C@@H](n2cnc3c(NC)nc(C)nc32)[C@](C)(F)[C@@H]1O)OCCCCCCCCCCCCCCCC.CNc1nc(N)nc2c1ncn2[C@@H]1O[C@]2(F)COP(=O)(OCCSC(=O)C(C)(C)C)O[C@H]2[C@@]1(C)F. The van der Waals surface area contributed by atoms with E-state index >= 15 is 17.6 Å². The first-order valence-corrected chi connectivity index (χ1v) is 39.9. The molecule has 6 N–H and O–H groups in total. The number of anilines is 3. The topological polar surface area (TPSA) is 312 Å². The maximum atomic E-state index is 16.2. The average Bonchev–Trinajstić information content (AvgIpc) is 1.57. The van der Waals surface area contributed by atoms with Crippen molar-refractivity contribution in [2.75, 3.05) is 82.5 Å². The number of fused-ring (bicyclic) bond motifs is 3. The lowest BCUT2D eigenvalue weighted by atomic mass is 9.97. The van der Waals surface area contributed by atoms with Crippen LogP contribution in [0.15, 0.2) is 12.7 Å². The highest BCUT2D eigenvalue weighted by Crippen LogP contribution is 2.63. The summed E-state index contributed by atoms with van der Waals surface area (Å²) < 4.78 is 141. The largest absolute Gasteiger partial charge is 0.475 e. The Hall–Kier alpha value is -3.74. The number of nitrogens with zero attached hydrogens (tertiary/aromatic N) is 8. The molecule has 3 saturated heterocycles. The van der Waals surface area contributed by atoms with E-state index in [1.165, 1.54) is 154 Å². The first kappa shape index (κ1) is 84.2. The number of aliphatic hydroxyl groups excluding tert-OH is 1.